The minimum absolute atomic E-state index is 0.205. The van der Waals surface area contributed by atoms with Gasteiger partial charge in [-0.2, -0.15) is 0 Å². The quantitative estimate of drug-likeness (QED) is 0.345. The number of Topliss-reactive ketones (excluding diaryl/α,β-unsaturated/α-hetero) is 1. The largest absolute Gasteiger partial charge is 0.353 e. The smallest absolute Gasteiger partial charge is 0.157 e. The van der Waals surface area contributed by atoms with E-state index in [1.54, 1.807) is 0 Å². The zero-order chi connectivity index (χ0) is 14.3. The SMILES string of the molecule is CCCCCCCCC(=O)CCC(OCC)OCC. The summed E-state index contributed by atoms with van der Waals surface area (Å²) < 4.78 is 10.9. The summed E-state index contributed by atoms with van der Waals surface area (Å²) >= 11 is 0. The van der Waals surface area contributed by atoms with Gasteiger partial charge in [0.05, 0.1) is 0 Å². The molecule has 0 aliphatic heterocycles. The Hall–Kier alpha value is -0.410. The highest BCUT2D eigenvalue weighted by molar-refractivity contribution is 5.78. The van der Waals surface area contributed by atoms with Crippen molar-refractivity contribution in [1.82, 2.24) is 0 Å². The summed E-state index contributed by atoms with van der Waals surface area (Å²) in [6.07, 6.45) is 9.18. The summed E-state index contributed by atoms with van der Waals surface area (Å²) in [5, 5.41) is 0. The fraction of sp³-hybridized carbons (Fsp3) is 0.938. The number of carbonyl (C=O) groups is 1. The van der Waals surface area contributed by atoms with E-state index in [1.165, 1.54) is 32.1 Å². The van der Waals surface area contributed by atoms with E-state index in [2.05, 4.69) is 6.92 Å². The van der Waals surface area contributed by atoms with Crippen molar-refractivity contribution < 1.29 is 14.3 Å². The van der Waals surface area contributed by atoms with Crippen LogP contribution in [0, 0.1) is 0 Å². The lowest BCUT2D eigenvalue weighted by molar-refractivity contribution is -0.144. The maximum atomic E-state index is 11.7. The molecule has 0 atom stereocenters. The number of unbranched alkanes of at least 4 members (excludes halogenated alkanes) is 5. The van der Waals surface area contributed by atoms with Gasteiger partial charge >= 0.3 is 0 Å². The summed E-state index contributed by atoms with van der Waals surface area (Å²) in [4.78, 5) is 11.7. The van der Waals surface area contributed by atoms with Crippen LogP contribution in [0.3, 0.4) is 0 Å². The van der Waals surface area contributed by atoms with Gasteiger partial charge in [-0.05, 0) is 20.3 Å². The van der Waals surface area contributed by atoms with Gasteiger partial charge in [-0.25, -0.2) is 0 Å². The normalized spacial score (nSPS) is 11.2. The lowest BCUT2D eigenvalue weighted by atomic mass is 10.1. The average Bonchev–Trinajstić information content (AvgIpc) is 2.40. The van der Waals surface area contributed by atoms with Crippen LogP contribution in [0.1, 0.15) is 78.6 Å². The second-order valence-corrected chi connectivity index (χ2v) is 4.94. The van der Waals surface area contributed by atoms with Crippen LogP contribution in [0.15, 0.2) is 0 Å². The molecule has 0 saturated carbocycles. The van der Waals surface area contributed by atoms with Gasteiger partial charge in [0.15, 0.2) is 6.29 Å². The van der Waals surface area contributed by atoms with E-state index in [1.807, 2.05) is 13.8 Å². The van der Waals surface area contributed by atoms with Crippen molar-refractivity contribution >= 4 is 5.78 Å². The molecule has 0 aliphatic rings. The molecule has 0 rings (SSSR count). The standard InChI is InChI=1S/C16H32O3/c1-4-7-8-9-10-11-12-15(17)13-14-16(18-5-2)19-6-3/h16H,4-14H2,1-3H3. The van der Waals surface area contributed by atoms with Gasteiger partial charge in [0.25, 0.3) is 0 Å². The van der Waals surface area contributed by atoms with Gasteiger partial charge in [0.1, 0.15) is 5.78 Å². The van der Waals surface area contributed by atoms with Crippen LogP contribution < -0.4 is 0 Å². The molecule has 0 unspecified atom stereocenters. The molecule has 0 aromatic rings. The van der Waals surface area contributed by atoms with Gasteiger partial charge in [0, 0.05) is 32.5 Å². The van der Waals surface area contributed by atoms with Crippen LogP contribution in [0.25, 0.3) is 0 Å². The minimum atomic E-state index is -0.205. The third-order valence-corrected chi connectivity index (χ3v) is 3.17. The van der Waals surface area contributed by atoms with Gasteiger partial charge in [0.2, 0.25) is 0 Å². The molecule has 0 saturated heterocycles. The molecule has 0 fully saturated rings. The summed E-state index contributed by atoms with van der Waals surface area (Å²) in [5.74, 6) is 0.347. The number of hydrogen-bond acceptors (Lipinski definition) is 3. The molecule has 0 N–H and O–H groups in total. The minimum Gasteiger partial charge on any atom is -0.353 e. The average molecular weight is 272 g/mol. The highest BCUT2D eigenvalue weighted by atomic mass is 16.7. The van der Waals surface area contributed by atoms with Crippen LogP contribution in [0.5, 0.6) is 0 Å². The van der Waals surface area contributed by atoms with E-state index in [0.29, 0.717) is 31.8 Å². The summed E-state index contributed by atoms with van der Waals surface area (Å²) in [6.45, 7) is 7.39. The molecule has 0 spiro atoms. The second kappa shape index (κ2) is 14.0. The molecule has 3 heteroatoms. The Morgan fingerprint density at radius 2 is 1.42 bits per heavy atom. The lowest BCUT2D eigenvalue weighted by Crippen LogP contribution is -2.18. The number of rotatable bonds is 14. The first-order valence-corrected chi connectivity index (χ1v) is 7.99. The van der Waals surface area contributed by atoms with E-state index in [-0.39, 0.29) is 6.29 Å². The van der Waals surface area contributed by atoms with E-state index < -0.39 is 0 Å². The molecule has 0 radical (unpaired) electrons. The second-order valence-electron chi connectivity index (χ2n) is 4.94. The van der Waals surface area contributed by atoms with Crippen LogP contribution in [-0.4, -0.2) is 25.3 Å². The third-order valence-electron chi connectivity index (χ3n) is 3.17. The molecule has 114 valence electrons. The Morgan fingerprint density at radius 3 is 2.00 bits per heavy atom. The predicted octanol–water partition coefficient (Wildman–Crippen LogP) is 4.49. The monoisotopic (exact) mass is 272 g/mol. The molecule has 0 bridgehead atoms. The highest BCUT2D eigenvalue weighted by Crippen LogP contribution is 2.11. The number of ketones is 1. The molecule has 0 aromatic carbocycles. The molecule has 0 amide bonds. The van der Waals surface area contributed by atoms with Gasteiger partial charge in [-0.15, -0.1) is 0 Å². The lowest BCUT2D eigenvalue weighted by Gasteiger charge is -2.16. The highest BCUT2D eigenvalue weighted by Gasteiger charge is 2.10. The van der Waals surface area contributed by atoms with Crippen molar-refractivity contribution in [2.24, 2.45) is 0 Å². The van der Waals surface area contributed by atoms with Crippen molar-refractivity contribution in [1.29, 1.82) is 0 Å². The Balaban J connectivity index is 3.50. The topological polar surface area (TPSA) is 35.5 Å². The van der Waals surface area contributed by atoms with Crippen LogP contribution in [0.4, 0.5) is 0 Å². The van der Waals surface area contributed by atoms with E-state index in [0.717, 1.165) is 12.8 Å². The Kier molecular flexibility index (Phi) is 13.7. The van der Waals surface area contributed by atoms with Crippen LogP contribution in [-0.2, 0) is 14.3 Å². The molecule has 3 nitrogen and oxygen atoms in total. The van der Waals surface area contributed by atoms with Crippen molar-refractivity contribution in [2.45, 2.75) is 84.8 Å². The Labute approximate surface area is 119 Å². The molecular weight excluding hydrogens is 240 g/mol. The van der Waals surface area contributed by atoms with Crippen molar-refractivity contribution in [3.05, 3.63) is 0 Å². The number of carbonyl (C=O) groups excluding carboxylic acids is 1. The van der Waals surface area contributed by atoms with E-state index >= 15 is 0 Å². The fourth-order valence-electron chi connectivity index (χ4n) is 2.09. The maximum absolute atomic E-state index is 11.7. The van der Waals surface area contributed by atoms with Crippen molar-refractivity contribution in [3.63, 3.8) is 0 Å². The molecule has 0 aromatic heterocycles. The molecule has 0 aliphatic carbocycles. The molecule has 0 heterocycles. The van der Waals surface area contributed by atoms with Crippen molar-refractivity contribution in [2.75, 3.05) is 13.2 Å². The van der Waals surface area contributed by atoms with Crippen molar-refractivity contribution in [3.8, 4) is 0 Å². The summed E-state index contributed by atoms with van der Waals surface area (Å²) in [7, 11) is 0. The van der Waals surface area contributed by atoms with E-state index in [4.69, 9.17) is 9.47 Å². The number of ether oxygens (including phenoxy) is 2. The third kappa shape index (κ3) is 12.4. The van der Waals surface area contributed by atoms with Crippen LogP contribution >= 0.6 is 0 Å². The molecule has 19 heavy (non-hydrogen) atoms. The Morgan fingerprint density at radius 1 is 0.842 bits per heavy atom. The van der Waals surface area contributed by atoms with Gasteiger partial charge in [-0.3, -0.25) is 4.79 Å². The zero-order valence-electron chi connectivity index (χ0n) is 13.1. The first kappa shape index (κ1) is 18.6. The zero-order valence-corrected chi connectivity index (χ0v) is 13.1. The first-order chi connectivity index (χ1) is 9.24. The predicted molar refractivity (Wildman–Crippen MR) is 79.3 cm³/mol. The first-order valence-electron chi connectivity index (χ1n) is 7.99. The maximum Gasteiger partial charge on any atom is 0.157 e. The fourth-order valence-corrected chi connectivity index (χ4v) is 2.09. The summed E-state index contributed by atoms with van der Waals surface area (Å²) in [6, 6.07) is 0. The number of hydrogen-bond donors (Lipinski definition) is 0. The Bertz CT molecular complexity index is 198. The molecular formula is C16H32O3. The van der Waals surface area contributed by atoms with Gasteiger partial charge < -0.3 is 9.47 Å². The van der Waals surface area contributed by atoms with Gasteiger partial charge in [-0.1, -0.05) is 39.0 Å². The van der Waals surface area contributed by atoms with Crippen LogP contribution in [0.2, 0.25) is 0 Å². The van der Waals surface area contributed by atoms with E-state index in [9.17, 15) is 4.79 Å². The summed E-state index contributed by atoms with van der Waals surface area (Å²) in [5.41, 5.74) is 0.